The number of aromatic nitrogens is 3. The molecule has 4 rings (SSSR count). The lowest BCUT2D eigenvalue weighted by molar-refractivity contribution is 0.0734. The molecule has 2 heterocycles. The van der Waals surface area contributed by atoms with Gasteiger partial charge in [-0.2, -0.15) is 0 Å². The molecule has 0 aliphatic carbocycles. The Kier molecular flexibility index (Phi) is 4.67. The minimum atomic E-state index is -0.450. The number of hydrogen-bond donors (Lipinski definition) is 0. The zero-order valence-corrected chi connectivity index (χ0v) is 15.2. The first-order chi connectivity index (χ1) is 13.2. The van der Waals surface area contributed by atoms with Crippen LogP contribution in [0.1, 0.15) is 10.4 Å². The second kappa shape index (κ2) is 7.43. The molecule has 0 fully saturated rings. The predicted octanol–water partition coefficient (Wildman–Crippen LogP) is 4.22. The Bertz CT molecular complexity index is 1040. The predicted molar refractivity (Wildman–Crippen MR) is 103 cm³/mol. The number of hydrogen-bond acceptors (Lipinski definition) is 6. The number of carbonyl (C=O) groups excluding carboxylic acids is 1. The van der Waals surface area contributed by atoms with Crippen LogP contribution in [0.5, 0.6) is 10.9 Å². The smallest absolute Gasteiger partial charge is 0.345 e. The van der Waals surface area contributed by atoms with Crippen LogP contribution in [-0.2, 0) is 0 Å². The highest BCUT2D eigenvalue weighted by Crippen LogP contribution is 2.27. The third-order valence-electron chi connectivity index (χ3n) is 3.95. The first-order valence-electron chi connectivity index (χ1n) is 8.13. The minimum absolute atomic E-state index is 0.310. The standard InChI is InChI=1S/C20H15N3O3S/c1-25-17-8-4-15(5-9-17)19(24)26-20-22-18(12-27-20)14-2-6-16(7-3-14)23-11-10-21-13-23/h2-13H,1H3. The topological polar surface area (TPSA) is 66.2 Å². The van der Waals surface area contributed by atoms with Gasteiger partial charge in [0.1, 0.15) is 5.75 Å². The summed E-state index contributed by atoms with van der Waals surface area (Å²) in [6.07, 6.45) is 5.36. The van der Waals surface area contributed by atoms with Crippen LogP contribution in [0.4, 0.5) is 0 Å². The van der Waals surface area contributed by atoms with Crippen molar-refractivity contribution in [3.63, 3.8) is 0 Å². The van der Waals surface area contributed by atoms with Crippen molar-refractivity contribution in [1.29, 1.82) is 0 Å². The van der Waals surface area contributed by atoms with Gasteiger partial charge < -0.3 is 14.0 Å². The van der Waals surface area contributed by atoms with E-state index in [1.54, 1.807) is 43.9 Å². The molecule has 0 spiro atoms. The number of imidazole rings is 1. The second-order valence-corrected chi connectivity index (χ2v) is 6.45. The molecule has 0 unspecified atom stereocenters. The molecule has 134 valence electrons. The Labute approximate surface area is 159 Å². The van der Waals surface area contributed by atoms with E-state index in [-0.39, 0.29) is 0 Å². The summed E-state index contributed by atoms with van der Waals surface area (Å²) in [6, 6.07) is 14.7. The van der Waals surface area contributed by atoms with E-state index in [0.717, 1.165) is 16.9 Å². The molecule has 0 saturated carbocycles. The fourth-order valence-corrected chi connectivity index (χ4v) is 3.19. The number of methoxy groups -OCH3 is 1. The summed E-state index contributed by atoms with van der Waals surface area (Å²) in [4.78, 5) is 20.7. The maximum Gasteiger partial charge on any atom is 0.345 e. The van der Waals surface area contributed by atoms with Crippen molar-refractivity contribution in [2.75, 3.05) is 7.11 Å². The van der Waals surface area contributed by atoms with Crippen molar-refractivity contribution in [3.05, 3.63) is 78.2 Å². The summed E-state index contributed by atoms with van der Waals surface area (Å²) in [5.74, 6) is 0.233. The highest BCUT2D eigenvalue weighted by molar-refractivity contribution is 7.11. The Hall–Kier alpha value is -3.45. The number of thiazole rings is 1. The summed E-state index contributed by atoms with van der Waals surface area (Å²) in [6.45, 7) is 0. The highest BCUT2D eigenvalue weighted by Gasteiger charge is 2.12. The summed E-state index contributed by atoms with van der Waals surface area (Å²) in [5.41, 5.74) is 3.16. The van der Waals surface area contributed by atoms with Crippen LogP contribution in [0, 0.1) is 0 Å². The van der Waals surface area contributed by atoms with E-state index < -0.39 is 5.97 Å². The quantitative estimate of drug-likeness (QED) is 0.487. The van der Waals surface area contributed by atoms with Gasteiger partial charge in [-0.1, -0.05) is 23.5 Å². The molecule has 0 atom stereocenters. The maximum absolute atomic E-state index is 12.2. The van der Waals surface area contributed by atoms with Crippen LogP contribution in [0.25, 0.3) is 16.9 Å². The normalized spacial score (nSPS) is 10.6. The fraction of sp³-hybridized carbons (Fsp3) is 0.0500. The molecule has 6 nitrogen and oxygen atoms in total. The summed E-state index contributed by atoms with van der Waals surface area (Å²) in [5, 5.41) is 2.17. The molecule has 4 aromatic rings. The number of benzene rings is 2. The molecule has 2 aromatic carbocycles. The van der Waals surface area contributed by atoms with Crippen molar-refractivity contribution in [3.8, 4) is 27.9 Å². The van der Waals surface area contributed by atoms with Gasteiger partial charge in [0, 0.05) is 29.0 Å². The van der Waals surface area contributed by atoms with Gasteiger partial charge in [0.25, 0.3) is 5.19 Å². The number of rotatable bonds is 5. The van der Waals surface area contributed by atoms with Gasteiger partial charge in [-0.15, -0.1) is 0 Å². The van der Waals surface area contributed by atoms with Gasteiger partial charge in [-0.3, -0.25) is 0 Å². The van der Waals surface area contributed by atoms with Crippen LogP contribution in [0.2, 0.25) is 0 Å². The lowest BCUT2D eigenvalue weighted by Gasteiger charge is -2.03. The third-order valence-corrected chi connectivity index (χ3v) is 4.67. The molecule has 0 N–H and O–H groups in total. The lowest BCUT2D eigenvalue weighted by Crippen LogP contribution is -2.08. The molecule has 0 aliphatic rings. The van der Waals surface area contributed by atoms with Crippen LogP contribution >= 0.6 is 11.3 Å². The summed E-state index contributed by atoms with van der Waals surface area (Å²) in [7, 11) is 1.58. The second-order valence-electron chi connectivity index (χ2n) is 5.63. The first-order valence-corrected chi connectivity index (χ1v) is 9.01. The van der Waals surface area contributed by atoms with Gasteiger partial charge in [0.05, 0.1) is 24.7 Å². The zero-order chi connectivity index (χ0) is 18.6. The van der Waals surface area contributed by atoms with Crippen molar-refractivity contribution in [2.24, 2.45) is 0 Å². The van der Waals surface area contributed by atoms with Gasteiger partial charge in [-0.05, 0) is 36.4 Å². The van der Waals surface area contributed by atoms with Crippen molar-refractivity contribution < 1.29 is 14.3 Å². The fourth-order valence-electron chi connectivity index (χ4n) is 2.52. The highest BCUT2D eigenvalue weighted by atomic mass is 32.1. The number of ether oxygens (including phenoxy) is 2. The van der Waals surface area contributed by atoms with Crippen molar-refractivity contribution in [1.82, 2.24) is 14.5 Å². The first kappa shape index (κ1) is 17.0. The minimum Gasteiger partial charge on any atom is -0.497 e. The van der Waals surface area contributed by atoms with Gasteiger partial charge in [0.15, 0.2) is 0 Å². The molecule has 7 heteroatoms. The van der Waals surface area contributed by atoms with E-state index in [1.165, 1.54) is 11.3 Å². The molecule has 0 saturated heterocycles. The average molecular weight is 377 g/mol. The molecular formula is C20H15N3O3S. The SMILES string of the molecule is COc1ccc(C(=O)Oc2nc(-c3ccc(-n4ccnc4)cc3)cs2)cc1. The lowest BCUT2D eigenvalue weighted by atomic mass is 10.1. The van der Waals surface area contributed by atoms with E-state index >= 15 is 0 Å². The van der Waals surface area contributed by atoms with Gasteiger partial charge in [-0.25, -0.2) is 14.8 Å². The summed E-state index contributed by atoms with van der Waals surface area (Å²) < 4.78 is 12.4. The number of nitrogens with zero attached hydrogens (tertiary/aromatic N) is 3. The summed E-state index contributed by atoms with van der Waals surface area (Å²) >= 11 is 1.28. The third kappa shape index (κ3) is 3.73. The Balaban J connectivity index is 1.47. The van der Waals surface area contributed by atoms with E-state index in [4.69, 9.17) is 9.47 Å². The van der Waals surface area contributed by atoms with E-state index in [9.17, 15) is 4.79 Å². The number of carbonyl (C=O) groups is 1. The molecule has 0 radical (unpaired) electrons. The van der Waals surface area contributed by atoms with Crippen molar-refractivity contribution in [2.45, 2.75) is 0 Å². The Morgan fingerprint density at radius 1 is 1.07 bits per heavy atom. The van der Waals surface area contributed by atoms with Gasteiger partial charge in [0.2, 0.25) is 0 Å². The van der Waals surface area contributed by atoms with E-state index in [0.29, 0.717) is 16.5 Å². The average Bonchev–Trinajstić information content (AvgIpc) is 3.40. The molecular weight excluding hydrogens is 362 g/mol. The van der Waals surface area contributed by atoms with Crippen molar-refractivity contribution >= 4 is 17.3 Å². The van der Waals surface area contributed by atoms with Crippen LogP contribution < -0.4 is 9.47 Å². The van der Waals surface area contributed by atoms with Crippen LogP contribution in [-0.4, -0.2) is 27.6 Å². The van der Waals surface area contributed by atoms with E-state index in [1.807, 2.05) is 40.4 Å². The Morgan fingerprint density at radius 2 is 1.85 bits per heavy atom. The van der Waals surface area contributed by atoms with Crippen LogP contribution in [0.3, 0.4) is 0 Å². The zero-order valence-electron chi connectivity index (χ0n) is 14.4. The maximum atomic E-state index is 12.2. The number of esters is 1. The van der Waals surface area contributed by atoms with Gasteiger partial charge >= 0.3 is 5.97 Å². The molecule has 2 aromatic heterocycles. The largest absolute Gasteiger partial charge is 0.497 e. The molecule has 0 amide bonds. The molecule has 0 aliphatic heterocycles. The monoisotopic (exact) mass is 377 g/mol. The van der Waals surface area contributed by atoms with Crippen LogP contribution in [0.15, 0.2) is 72.6 Å². The molecule has 27 heavy (non-hydrogen) atoms. The molecule has 0 bridgehead atoms. The Morgan fingerprint density at radius 3 is 2.52 bits per heavy atom. The van der Waals surface area contributed by atoms with E-state index in [2.05, 4.69) is 9.97 Å².